The van der Waals surface area contributed by atoms with Crippen LogP contribution in [0.25, 0.3) is 0 Å². The van der Waals surface area contributed by atoms with E-state index in [0.29, 0.717) is 12.1 Å². The summed E-state index contributed by atoms with van der Waals surface area (Å²) in [5, 5.41) is 3.60. The van der Waals surface area contributed by atoms with Gasteiger partial charge in [-0.1, -0.05) is 23.9 Å². The largest absolute Gasteiger partial charge is 0.467 e. The van der Waals surface area contributed by atoms with Crippen molar-refractivity contribution in [3.05, 3.63) is 70.8 Å². The van der Waals surface area contributed by atoms with Gasteiger partial charge in [0.15, 0.2) is 5.16 Å². The molecule has 7 heteroatoms. The third-order valence-corrected chi connectivity index (χ3v) is 5.27. The molecule has 6 nitrogen and oxygen atoms in total. The molecule has 0 bridgehead atoms. The van der Waals surface area contributed by atoms with Crippen LogP contribution in [0, 0.1) is 13.8 Å². The van der Waals surface area contributed by atoms with Crippen molar-refractivity contribution in [2.45, 2.75) is 31.3 Å². The number of nitrogens with zero attached hydrogens (tertiary/aromatic N) is 3. The van der Waals surface area contributed by atoms with Crippen LogP contribution < -0.4 is 10.2 Å². The average Bonchev–Trinajstić information content (AvgIpc) is 3.20. The second-order valence-electron chi connectivity index (χ2n) is 6.68. The molecule has 0 atom stereocenters. The Kier molecular flexibility index (Phi) is 6.36. The Balaban J connectivity index is 1.59. The first-order valence-corrected chi connectivity index (χ1v) is 9.97. The highest BCUT2D eigenvalue weighted by atomic mass is 32.2. The van der Waals surface area contributed by atoms with E-state index >= 15 is 0 Å². The van der Waals surface area contributed by atoms with Crippen molar-refractivity contribution in [1.82, 2.24) is 15.3 Å². The van der Waals surface area contributed by atoms with Gasteiger partial charge in [-0.3, -0.25) is 4.79 Å². The van der Waals surface area contributed by atoms with Gasteiger partial charge in [0, 0.05) is 36.7 Å². The molecule has 28 heavy (non-hydrogen) atoms. The molecule has 0 aliphatic heterocycles. The quantitative estimate of drug-likeness (QED) is 0.481. The van der Waals surface area contributed by atoms with Gasteiger partial charge >= 0.3 is 0 Å². The molecule has 0 radical (unpaired) electrons. The summed E-state index contributed by atoms with van der Waals surface area (Å²) in [5.41, 5.74) is 3.82. The summed E-state index contributed by atoms with van der Waals surface area (Å²) in [6.45, 7) is 4.42. The van der Waals surface area contributed by atoms with Gasteiger partial charge < -0.3 is 14.6 Å². The van der Waals surface area contributed by atoms with Crippen molar-refractivity contribution in [2.75, 3.05) is 19.0 Å². The number of aromatic nitrogens is 2. The Hall–Kier alpha value is -2.80. The third-order valence-electron chi connectivity index (χ3n) is 4.35. The minimum Gasteiger partial charge on any atom is -0.467 e. The Labute approximate surface area is 169 Å². The van der Waals surface area contributed by atoms with Crippen LogP contribution >= 0.6 is 11.8 Å². The van der Waals surface area contributed by atoms with E-state index in [-0.39, 0.29) is 5.91 Å². The van der Waals surface area contributed by atoms with Gasteiger partial charge in [-0.25, -0.2) is 9.97 Å². The van der Waals surface area contributed by atoms with Crippen molar-refractivity contribution in [3.63, 3.8) is 0 Å². The first kappa shape index (κ1) is 19.9. The zero-order valence-corrected chi connectivity index (χ0v) is 17.3. The molecule has 2 aromatic heterocycles. The summed E-state index contributed by atoms with van der Waals surface area (Å²) >= 11 is 1.59. The van der Waals surface area contributed by atoms with Crippen LogP contribution in [-0.4, -0.2) is 30.0 Å². The zero-order chi connectivity index (χ0) is 20.1. The van der Waals surface area contributed by atoms with Gasteiger partial charge in [-0.2, -0.15) is 0 Å². The molecule has 0 aliphatic rings. The van der Waals surface area contributed by atoms with Crippen LogP contribution in [0.15, 0.2) is 52.2 Å². The van der Waals surface area contributed by atoms with E-state index in [1.54, 1.807) is 24.1 Å². The van der Waals surface area contributed by atoms with Gasteiger partial charge in [0.25, 0.3) is 5.91 Å². The maximum Gasteiger partial charge on any atom is 0.251 e. The summed E-state index contributed by atoms with van der Waals surface area (Å²) in [5.74, 6) is 2.29. The van der Waals surface area contributed by atoms with E-state index in [1.165, 1.54) is 0 Å². The Bertz CT molecular complexity index is 938. The third kappa shape index (κ3) is 4.92. The molecule has 3 aromatic rings. The fraction of sp³-hybridized carbons (Fsp3) is 0.286. The molecular formula is C21H24N4O2S. The smallest absolute Gasteiger partial charge is 0.251 e. The number of anilines is 1. The molecule has 0 unspecified atom stereocenters. The van der Waals surface area contributed by atoms with E-state index in [9.17, 15) is 4.79 Å². The van der Waals surface area contributed by atoms with Gasteiger partial charge in [-0.15, -0.1) is 0 Å². The van der Waals surface area contributed by atoms with Crippen LogP contribution in [0.3, 0.4) is 0 Å². The van der Waals surface area contributed by atoms with Crippen molar-refractivity contribution >= 4 is 23.5 Å². The molecule has 2 heterocycles. The SMILES string of the molecule is Cc1nc(SCc2ccc(C(=O)NCc3ccco3)cc2)nc(N(C)C)c1C. The van der Waals surface area contributed by atoms with Gasteiger partial charge in [-0.05, 0) is 43.7 Å². The lowest BCUT2D eigenvalue weighted by Crippen LogP contribution is -2.22. The minimum absolute atomic E-state index is 0.122. The van der Waals surface area contributed by atoms with Crippen LogP contribution in [0.4, 0.5) is 5.82 Å². The highest BCUT2D eigenvalue weighted by Gasteiger charge is 2.11. The van der Waals surface area contributed by atoms with Gasteiger partial charge in [0.05, 0.1) is 12.8 Å². The molecule has 0 spiro atoms. The topological polar surface area (TPSA) is 71.3 Å². The minimum atomic E-state index is -0.122. The molecular weight excluding hydrogens is 372 g/mol. The van der Waals surface area contributed by atoms with E-state index in [0.717, 1.165) is 39.3 Å². The number of carbonyl (C=O) groups is 1. The maximum atomic E-state index is 12.2. The van der Waals surface area contributed by atoms with Crippen molar-refractivity contribution in [3.8, 4) is 0 Å². The van der Waals surface area contributed by atoms with Gasteiger partial charge in [0.2, 0.25) is 0 Å². The normalized spacial score (nSPS) is 10.7. The second kappa shape index (κ2) is 8.93. The van der Waals surface area contributed by atoms with Crippen LogP contribution in [-0.2, 0) is 12.3 Å². The first-order valence-electron chi connectivity index (χ1n) is 8.99. The van der Waals surface area contributed by atoms with Crippen LogP contribution in [0.5, 0.6) is 0 Å². The highest BCUT2D eigenvalue weighted by Crippen LogP contribution is 2.25. The summed E-state index contributed by atoms with van der Waals surface area (Å²) in [4.78, 5) is 23.4. The molecule has 0 saturated heterocycles. The number of benzene rings is 1. The summed E-state index contributed by atoms with van der Waals surface area (Å²) < 4.78 is 5.22. The number of carbonyl (C=O) groups excluding carboxylic acids is 1. The number of hydrogen-bond acceptors (Lipinski definition) is 6. The summed E-state index contributed by atoms with van der Waals surface area (Å²) in [7, 11) is 3.97. The lowest BCUT2D eigenvalue weighted by atomic mass is 10.1. The molecule has 1 aromatic carbocycles. The predicted octanol–water partition coefficient (Wildman–Crippen LogP) is 3.97. The molecule has 1 amide bonds. The molecule has 1 N–H and O–H groups in total. The Morgan fingerprint density at radius 1 is 1.14 bits per heavy atom. The highest BCUT2D eigenvalue weighted by molar-refractivity contribution is 7.98. The maximum absolute atomic E-state index is 12.2. The van der Waals surface area contributed by atoms with Gasteiger partial charge in [0.1, 0.15) is 11.6 Å². The Morgan fingerprint density at radius 2 is 1.89 bits per heavy atom. The van der Waals surface area contributed by atoms with Crippen molar-refractivity contribution in [1.29, 1.82) is 0 Å². The number of aryl methyl sites for hydroxylation is 1. The fourth-order valence-corrected chi connectivity index (χ4v) is 3.51. The monoisotopic (exact) mass is 396 g/mol. The molecule has 146 valence electrons. The van der Waals surface area contributed by atoms with Crippen molar-refractivity contribution in [2.24, 2.45) is 0 Å². The number of rotatable bonds is 7. The molecule has 3 rings (SSSR count). The number of amides is 1. The van der Waals surface area contributed by atoms with Crippen LogP contribution in [0.2, 0.25) is 0 Å². The number of hydrogen-bond donors (Lipinski definition) is 1. The lowest BCUT2D eigenvalue weighted by molar-refractivity contribution is 0.0948. The van der Waals surface area contributed by atoms with E-state index < -0.39 is 0 Å². The molecule has 0 aliphatic carbocycles. The average molecular weight is 397 g/mol. The zero-order valence-electron chi connectivity index (χ0n) is 16.5. The predicted molar refractivity (Wildman–Crippen MR) is 112 cm³/mol. The van der Waals surface area contributed by atoms with Crippen molar-refractivity contribution < 1.29 is 9.21 Å². The molecule has 0 fully saturated rings. The number of nitrogens with one attached hydrogen (secondary N) is 1. The molecule has 0 saturated carbocycles. The standard InChI is InChI=1S/C21H24N4O2S/c1-14-15(2)23-21(24-19(14)25(3)4)28-13-16-7-9-17(10-8-16)20(26)22-12-18-6-5-11-27-18/h5-11H,12-13H2,1-4H3,(H,22,26). The van der Waals surface area contributed by atoms with Crippen LogP contribution in [0.1, 0.15) is 32.9 Å². The number of thioether (sulfide) groups is 1. The summed E-state index contributed by atoms with van der Waals surface area (Å²) in [6.07, 6.45) is 1.59. The Morgan fingerprint density at radius 3 is 2.54 bits per heavy atom. The van der Waals surface area contributed by atoms with E-state index in [4.69, 9.17) is 4.42 Å². The summed E-state index contributed by atoms with van der Waals surface area (Å²) in [6, 6.07) is 11.2. The van der Waals surface area contributed by atoms with E-state index in [1.807, 2.05) is 63.2 Å². The second-order valence-corrected chi connectivity index (χ2v) is 7.62. The number of furan rings is 1. The van der Waals surface area contributed by atoms with E-state index in [2.05, 4.69) is 15.3 Å². The first-order chi connectivity index (χ1) is 13.4. The lowest BCUT2D eigenvalue weighted by Gasteiger charge is -2.16. The fourth-order valence-electron chi connectivity index (χ4n) is 2.67.